The van der Waals surface area contributed by atoms with Gasteiger partial charge in [0.15, 0.2) is 0 Å². The summed E-state index contributed by atoms with van der Waals surface area (Å²) in [6.07, 6.45) is 0. The number of methoxy groups -OCH3 is 1. The van der Waals surface area contributed by atoms with E-state index in [0.717, 1.165) is 11.3 Å². The van der Waals surface area contributed by atoms with Gasteiger partial charge in [-0.3, -0.25) is 0 Å². The molecule has 0 aromatic heterocycles. The molecule has 0 radical (unpaired) electrons. The van der Waals surface area contributed by atoms with Gasteiger partial charge in [-0.2, -0.15) is 0 Å². The lowest BCUT2D eigenvalue weighted by molar-refractivity contribution is 0.415. The molecule has 0 heterocycles. The van der Waals surface area contributed by atoms with Crippen molar-refractivity contribution in [2.45, 2.75) is 0 Å². The molecule has 2 aromatic rings. The molecule has 0 saturated heterocycles. The molecule has 0 N–H and O–H groups in total. The predicted molar refractivity (Wildman–Crippen MR) is 63.4 cm³/mol. The molecular formula is C13H10ClFO. The molecule has 0 amide bonds. The van der Waals surface area contributed by atoms with E-state index in [2.05, 4.69) is 0 Å². The number of benzene rings is 2. The average molecular weight is 237 g/mol. The fourth-order valence-corrected chi connectivity index (χ4v) is 1.67. The maximum atomic E-state index is 13.7. The van der Waals surface area contributed by atoms with Crippen LogP contribution in [-0.4, -0.2) is 7.11 Å². The fourth-order valence-electron chi connectivity index (χ4n) is 1.50. The van der Waals surface area contributed by atoms with Gasteiger partial charge < -0.3 is 4.74 Å². The summed E-state index contributed by atoms with van der Waals surface area (Å²) in [5, 5.41) is 0.133. The van der Waals surface area contributed by atoms with Gasteiger partial charge in [0.25, 0.3) is 0 Å². The number of ether oxygens (including phenoxy) is 1. The number of rotatable bonds is 2. The van der Waals surface area contributed by atoms with E-state index in [1.165, 1.54) is 6.07 Å². The summed E-state index contributed by atoms with van der Waals surface area (Å²) < 4.78 is 18.7. The monoisotopic (exact) mass is 236 g/mol. The maximum Gasteiger partial charge on any atom is 0.149 e. The van der Waals surface area contributed by atoms with E-state index >= 15 is 0 Å². The van der Waals surface area contributed by atoms with Crippen LogP contribution in [0.2, 0.25) is 5.02 Å². The van der Waals surface area contributed by atoms with Crippen molar-refractivity contribution < 1.29 is 9.13 Å². The summed E-state index contributed by atoms with van der Waals surface area (Å²) in [6.45, 7) is 0. The van der Waals surface area contributed by atoms with Crippen molar-refractivity contribution in [2.24, 2.45) is 0 Å². The zero-order valence-electron chi connectivity index (χ0n) is 8.71. The van der Waals surface area contributed by atoms with Crippen LogP contribution < -0.4 is 4.74 Å². The van der Waals surface area contributed by atoms with Crippen LogP contribution in [0.1, 0.15) is 0 Å². The van der Waals surface area contributed by atoms with Crippen LogP contribution >= 0.6 is 11.6 Å². The standard InChI is InChI=1S/C13H10ClFO/c1-16-10-7-5-9(6-8-10)11-3-2-4-12(14)13(11)15/h2-8H,1H3. The maximum absolute atomic E-state index is 13.7. The van der Waals surface area contributed by atoms with Gasteiger partial charge in [0.2, 0.25) is 0 Å². The highest BCUT2D eigenvalue weighted by Crippen LogP contribution is 2.28. The summed E-state index contributed by atoms with van der Waals surface area (Å²) in [7, 11) is 1.59. The first-order valence-electron chi connectivity index (χ1n) is 4.81. The molecule has 0 atom stereocenters. The van der Waals surface area contributed by atoms with Crippen LogP contribution in [0.15, 0.2) is 42.5 Å². The highest BCUT2D eigenvalue weighted by Gasteiger charge is 2.07. The molecule has 2 rings (SSSR count). The van der Waals surface area contributed by atoms with Gasteiger partial charge in [0.1, 0.15) is 11.6 Å². The molecule has 0 aliphatic heterocycles. The van der Waals surface area contributed by atoms with Gasteiger partial charge in [0, 0.05) is 5.56 Å². The third-order valence-corrected chi connectivity index (χ3v) is 2.64. The van der Waals surface area contributed by atoms with Crippen molar-refractivity contribution >= 4 is 11.6 Å². The van der Waals surface area contributed by atoms with Gasteiger partial charge >= 0.3 is 0 Å². The van der Waals surface area contributed by atoms with Crippen LogP contribution in [0, 0.1) is 5.82 Å². The minimum Gasteiger partial charge on any atom is -0.497 e. The van der Waals surface area contributed by atoms with Crippen molar-refractivity contribution in [1.82, 2.24) is 0 Å². The van der Waals surface area contributed by atoms with Gasteiger partial charge in [-0.1, -0.05) is 35.9 Å². The van der Waals surface area contributed by atoms with Crippen LogP contribution in [-0.2, 0) is 0 Å². The Morgan fingerprint density at radius 2 is 1.75 bits per heavy atom. The Bertz CT molecular complexity index is 494. The van der Waals surface area contributed by atoms with E-state index < -0.39 is 5.82 Å². The topological polar surface area (TPSA) is 9.23 Å². The predicted octanol–water partition coefficient (Wildman–Crippen LogP) is 4.15. The summed E-state index contributed by atoms with van der Waals surface area (Å²) in [4.78, 5) is 0. The molecule has 0 saturated carbocycles. The van der Waals surface area contributed by atoms with Gasteiger partial charge in [-0.15, -0.1) is 0 Å². The molecule has 2 aromatic carbocycles. The van der Waals surface area contributed by atoms with E-state index in [1.807, 2.05) is 0 Å². The SMILES string of the molecule is COc1ccc(-c2cccc(Cl)c2F)cc1. The molecule has 0 fully saturated rings. The lowest BCUT2D eigenvalue weighted by Gasteiger charge is -2.05. The third-order valence-electron chi connectivity index (χ3n) is 2.35. The summed E-state index contributed by atoms with van der Waals surface area (Å²) in [6, 6.07) is 12.1. The minimum atomic E-state index is -0.394. The second-order valence-electron chi connectivity index (χ2n) is 3.33. The largest absolute Gasteiger partial charge is 0.497 e. The minimum absolute atomic E-state index is 0.133. The number of halogens is 2. The molecule has 16 heavy (non-hydrogen) atoms. The fraction of sp³-hybridized carbons (Fsp3) is 0.0769. The molecule has 0 unspecified atom stereocenters. The Labute approximate surface area is 98.4 Å². The van der Waals surface area contributed by atoms with Gasteiger partial charge in [0.05, 0.1) is 12.1 Å². The van der Waals surface area contributed by atoms with Crippen molar-refractivity contribution in [3.05, 3.63) is 53.3 Å². The first-order chi connectivity index (χ1) is 7.72. The molecule has 0 spiro atoms. The Kier molecular flexibility index (Phi) is 3.11. The van der Waals surface area contributed by atoms with Gasteiger partial charge in [-0.25, -0.2) is 4.39 Å². The van der Waals surface area contributed by atoms with Crippen LogP contribution in [0.3, 0.4) is 0 Å². The van der Waals surface area contributed by atoms with Crippen molar-refractivity contribution in [3.63, 3.8) is 0 Å². The van der Waals surface area contributed by atoms with E-state index in [-0.39, 0.29) is 5.02 Å². The zero-order valence-corrected chi connectivity index (χ0v) is 9.46. The summed E-state index contributed by atoms with van der Waals surface area (Å²) in [5.41, 5.74) is 1.27. The first-order valence-corrected chi connectivity index (χ1v) is 5.18. The molecule has 82 valence electrons. The van der Waals surface area contributed by atoms with Gasteiger partial charge in [-0.05, 0) is 23.8 Å². The molecular weight excluding hydrogens is 227 g/mol. The van der Waals surface area contributed by atoms with Crippen LogP contribution in [0.25, 0.3) is 11.1 Å². The van der Waals surface area contributed by atoms with Crippen LogP contribution in [0.4, 0.5) is 4.39 Å². The van der Waals surface area contributed by atoms with E-state index in [0.29, 0.717) is 5.56 Å². The molecule has 3 heteroatoms. The summed E-state index contributed by atoms with van der Waals surface area (Å²) in [5.74, 6) is 0.348. The van der Waals surface area contributed by atoms with E-state index in [9.17, 15) is 4.39 Å². The normalized spacial score (nSPS) is 10.2. The zero-order chi connectivity index (χ0) is 11.5. The summed E-state index contributed by atoms with van der Waals surface area (Å²) >= 11 is 5.72. The van der Waals surface area contributed by atoms with E-state index in [4.69, 9.17) is 16.3 Å². The smallest absolute Gasteiger partial charge is 0.149 e. The Morgan fingerprint density at radius 1 is 1.06 bits per heavy atom. The van der Waals surface area contributed by atoms with Crippen molar-refractivity contribution in [3.8, 4) is 16.9 Å². The number of hydrogen-bond acceptors (Lipinski definition) is 1. The van der Waals surface area contributed by atoms with Crippen molar-refractivity contribution in [1.29, 1.82) is 0 Å². The lowest BCUT2D eigenvalue weighted by Crippen LogP contribution is -1.86. The van der Waals surface area contributed by atoms with E-state index in [1.54, 1.807) is 43.5 Å². The molecule has 0 bridgehead atoms. The number of hydrogen-bond donors (Lipinski definition) is 0. The Morgan fingerprint density at radius 3 is 2.38 bits per heavy atom. The molecule has 1 nitrogen and oxygen atoms in total. The first kappa shape index (κ1) is 11.0. The second kappa shape index (κ2) is 4.54. The quantitative estimate of drug-likeness (QED) is 0.761. The highest BCUT2D eigenvalue weighted by molar-refractivity contribution is 6.31. The third kappa shape index (κ3) is 2.02. The second-order valence-corrected chi connectivity index (χ2v) is 3.74. The van der Waals surface area contributed by atoms with Crippen LogP contribution in [0.5, 0.6) is 5.75 Å². The lowest BCUT2D eigenvalue weighted by atomic mass is 10.1. The average Bonchev–Trinajstić information content (AvgIpc) is 2.33. The Hall–Kier alpha value is -1.54. The highest BCUT2D eigenvalue weighted by atomic mass is 35.5. The molecule has 0 aliphatic carbocycles. The van der Waals surface area contributed by atoms with Crippen molar-refractivity contribution in [2.75, 3.05) is 7.11 Å². The molecule has 0 aliphatic rings. The Balaban J connectivity index is 2.46.